The number of thiophene rings is 1. The minimum atomic E-state index is -0.957. The largest absolute Gasteiger partial charge is 0.481 e. The van der Waals surface area contributed by atoms with Crippen molar-refractivity contribution in [3.63, 3.8) is 0 Å². The Kier molecular flexibility index (Phi) is 6.40. The Morgan fingerprint density at radius 1 is 1.33 bits per heavy atom. The molecule has 4 nitrogen and oxygen atoms in total. The van der Waals surface area contributed by atoms with Crippen molar-refractivity contribution in [3.8, 4) is 0 Å². The van der Waals surface area contributed by atoms with Gasteiger partial charge in [0.05, 0.1) is 11.5 Å². The fourth-order valence-electron chi connectivity index (χ4n) is 2.44. The summed E-state index contributed by atoms with van der Waals surface area (Å²) in [5.41, 5.74) is -0.957. The molecular weight excluding hydrogens is 286 g/mol. The molecule has 1 unspecified atom stereocenters. The molecule has 1 heterocycles. The number of hydrogen-bond acceptors (Lipinski definition) is 3. The average Bonchev–Trinajstić information content (AvgIpc) is 2.95. The Hall–Kier alpha value is -1.36. The molecule has 5 heteroatoms. The number of amides is 1. The summed E-state index contributed by atoms with van der Waals surface area (Å²) in [5, 5.41) is 14.4. The standard InChI is InChI=1S/C16H25NO3S/c1-5-16(6-2,15(19)20)10-13(18)17-14(11(3)4)12-8-7-9-21-12/h7-9,11,14H,5-6,10H2,1-4H3,(H,17,18)(H,19,20). The lowest BCUT2D eigenvalue weighted by Gasteiger charge is -2.28. The lowest BCUT2D eigenvalue weighted by molar-refractivity contribution is -0.152. The number of carbonyl (C=O) groups excluding carboxylic acids is 1. The first kappa shape index (κ1) is 17.7. The summed E-state index contributed by atoms with van der Waals surface area (Å²) in [6.45, 7) is 7.75. The van der Waals surface area contributed by atoms with Gasteiger partial charge in [0.25, 0.3) is 0 Å². The quantitative estimate of drug-likeness (QED) is 0.766. The smallest absolute Gasteiger partial charge is 0.310 e. The van der Waals surface area contributed by atoms with E-state index < -0.39 is 11.4 Å². The number of carboxylic acid groups (broad SMARTS) is 1. The maximum atomic E-state index is 12.3. The van der Waals surface area contributed by atoms with Crippen LogP contribution in [0.2, 0.25) is 0 Å². The second-order valence-corrected chi connectivity index (χ2v) is 6.75. The van der Waals surface area contributed by atoms with Crippen LogP contribution in [-0.4, -0.2) is 17.0 Å². The van der Waals surface area contributed by atoms with Gasteiger partial charge in [-0.3, -0.25) is 9.59 Å². The second kappa shape index (κ2) is 7.59. The number of carboxylic acids is 1. The highest BCUT2D eigenvalue weighted by atomic mass is 32.1. The summed E-state index contributed by atoms with van der Waals surface area (Å²) in [5.74, 6) is -0.817. The zero-order chi connectivity index (χ0) is 16.0. The molecule has 0 spiro atoms. The van der Waals surface area contributed by atoms with Crippen LogP contribution in [0.1, 0.15) is 57.9 Å². The Morgan fingerprint density at radius 2 is 1.95 bits per heavy atom. The summed E-state index contributed by atoms with van der Waals surface area (Å²) < 4.78 is 0. The molecule has 0 saturated heterocycles. The summed E-state index contributed by atoms with van der Waals surface area (Å²) in [4.78, 5) is 24.9. The fraction of sp³-hybridized carbons (Fsp3) is 0.625. The molecule has 21 heavy (non-hydrogen) atoms. The minimum absolute atomic E-state index is 0.0317. The predicted molar refractivity (Wildman–Crippen MR) is 85.3 cm³/mol. The molecule has 0 aromatic carbocycles. The maximum Gasteiger partial charge on any atom is 0.310 e. The average molecular weight is 311 g/mol. The molecule has 0 radical (unpaired) electrons. The van der Waals surface area contributed by atoms with Crippen LogP contribution in [-0.2, 0) is 9.59 Å². The summed E-state index contributed by atoms with van der Waals surface area (Å²) >= 11 is 1.61. The lowest BCUT2D eigenvalue weighted by Crippen LogP contribution is -2.39. The molecule has 0 saturated carbocycles. The highest BCUT2D eigenvalue weighted by Gasteiger charge is 2.37. The molecule has 118 valence electrons. The fourth-order valence-corrected chi connectivity index (χ4v) is 3.39. The first-order valence-corrected chi connectivity index (χ1v) is 8.30. The first-order chi connectivity index (χ1) is 9.86. The van der Waals surface area contributed by atoms with Gasteiger partial charge in [-0.15, -0.1) is 11.3 Å². The van der Waals surface area contributed by atoms with Crippen LogP contribution in [0.25, 0.3) is 0 Å². The number of nitrogens with one attached hydrogen (secondary N) is 1. The van der Waals surface area contributed by atoms with Gasteiger partial charge in [0.2, 0.25) is 5.91 Å². The van der Waals surface area contributed by atoms with E-state index in [0.29, 0.717) is 12.8 Å². The predicted octanol–water partition coefficient (Wildman–Crippen LogP) is 3.84. The Labute approximate surface area is 130 Å². The number of rotatable bonds is 8. The molecule has 0 aliphatic rings. The van der Waals surface area contributed by atoms with Crippen molar-refractivity contribution in [1.82, 2.24) is 5.32 Å². The normalized spacial score (nSPS) is 13.2. The van der Waals surface area contributed by atoms with Gasteiger partial charge in [-0.1, -0.05) is 33.8 Å². The second-order valence-electron chi connectivity index (χ2n) is 5.77. The van der Waals surface area contributed by atoms with Crippen molar-refractivity contribution >= 4 is 23.2 Å². The van der Waals surface area contributed by atoms with E-state index in [1.165, 1.54) is 0 Å². The molecule has 0 bridgehead atoms. The van der Waals surface area contributed by atoms with E-state index in [1.54, 1.807) is 11.3 Å². The molecule has 0 aliphatic carbocycles. The Balaban J connectivity index is 2.81. The maximum absolute atomic E-state index is 12.3. The molecule has 0 aliphatic heterocycles. The van der Waals surface area contributed by atoms with Crippen molar-refractivity contribution in [1.29, 1.82) is 0 Å². The zero-order valence-corrected chi connectivity index (χ0v) is 14.0. The zero-order valence-electron chi connectivity index (χ0n) is 13.2. The van der Waals surface area contributed by atoms with E-state index in [-0.39, 0.29) is 24.3 Å². The highest BCUT2D eigenvalue weighted by Crippen LogP contribution is 2.32. The van der Waals surface area contributed by atoms with Gasteiger partial charge in [0.15, 0.2) is 0 Å². The third-order valence-electron chi connectivity index (χ3n) is 4.14. The Bertz CT molecular complexity index is 464. The molecule has 1 aromatic heterocycles. The molecule has 1 rings (SSSR count). The van der Waals surface area contributed by atoms with E-state index in [1.807, 2.05) is 31.4 Å². The molecule has 1 amide bonds. The van der Waals surface area contributed by atoms with Crippen LogP contribution in [0.3, 0.4) is 0 Å². The molecular formula is C16H25NO3S. The van der Waals surface area contributed by atoms with Crippen molar-refractivity contribution < 1.29 is 14.7 Å². The van der Waals surface area contributed by atoms with E-state index in [2.05, 4.69) is 19.2 Å². The van der Waals surface area contributed by atoms with E-state index >= 15 is 0 Å². The van der Waals surface area contributed by atoms with Crippen LogP contribution < -0.4 is 5.32 Å². The Morgan fingerprint density at radius 3 is 2.33 bits per heavy atom. The van der Waals surface area contributed by atoms with E-state index in [9.17, 15) is 14.7 Å². The van der Waals surface area contributed by atoms with E-state index in [4.69, 9.17) is 0 Å². The molecule has 1 atom stereocenters. The van der Waals surface area contributed by atoms with Crippen LogP contribution in [0.15, 0.2) is 17.5 Å². The summed E-state index contributed by atoms with van der Waals surface area (Å²) in [7, 11) is 0. The number of aliphatic carboxylic acids is 1. The molecule has 0 fully saturated rings. The van der Waals surface area contributed by atoms with Crippen molar-refractivity contribution in [3.05, 3.63) is 22.4 Å². The summed E-state index contributed by atoms with van der Waals surface area (Å²) in [6.07, 6.45) is 0.944. The third kappa shape index (κ3) is 4.30. The lowest BCUT2D eigenvalue weighted by atomic mass is 9.79. The topological polar surface area (TPSA) is 66.4 Å². The van der Waals surface area contributed by atoms with E-state index in [0.717, 1.165) is 4.88 Å². The number of carbonyl (C=O) groups is 2. The van der Waals surface area contributed by atoms with Crippen LogP contribution in [0.4, 0.5) is 0 Å². The number of hydrogen-bond donors (Lipinski definition) is 2. The molecule has 2 N–H and O–H groups in total. The summed E-state index contributed by atoms with van der Waals surface area (Å²) in [6, 6.07) is 3.90. The van der Waals surface area contributed by atoms with Crippen LogP contribution >= 0.6 is 11.3 Å². The van der Waals surface area contributed by atoms with Gasteiger partial charge in [-0.25, -0.2) is 0 Å². The van der Waals surface area contributed by atoms with Crippen molar-refractivity contribution in [2.75, 3.05) is 0 Å². The van der Waals surface area contributed by atoms with Gasteiger partial charge < -0.3 is 10.4 Å². The van der Waals surface area contributed by atoms with Gasteiger partial charge in [-0.2, -0.15) is 0 Å². The SMILES string of the molecule is CCC(CC)(CC(=O)NC(c1cccs1)C(C)C)C(=O)O. The van der Waals surface area contributed by atoms with Crippen molar-refractivity contribution in [2.24, 2.45) is 11.3 Å². The van der Waals surface area contributed by atoms with Gasteiger partial charge in [0.1, 0.15) is 0 Å². The van der Waals surface area contributed by atoms with Gasteiger partial charge in [0, 0.05) is 11.3 Å². The minimum Gasteiger partial charge on any atom is -0.481 e. The van der Waals surface area contributed by atoms with Crippen molar-refractivity contribution in [2.45, 2.75) is 53.0 Å². The monoisotopic (exact) mass is 311 g/mol. The van der Waals surface area contributed by atoms with Gasteiger partial charge in [-0.05, 0) is 30.2 Å². The van der Waals surface area contributed by atoms with Gasteiger partial charge >= 0.3 is 5.97 Å². The molecule has 1 aromatic rings. The van der Waals surface area contributed by atoms with Crippen LogP contribution in [0.5, 0.6) is 0 Å². The first-order valence-electron chi connectivity index (χ1n) is 7.42. The van der Waals surface area contributed by atoms with Crippen LogP contribution in [0, 0.1) is 11.3 Å². The highest BCUT2D eigenvalue weighted by molar-refractivity contribution is 7.10. The third-order valence-corrected chi connectivity index (χ3v) is 5.09.